The lowest BCUT2D eigenvalue weighted by molar-refractivity contribution is 0.106. The van der Waals surface area contributed by atoms with E-state index in [1.165, 1.54) is 33.5 Å². The summed E-state index contributed by atoms with van der Waals surface area (Å²) in [5.74, 6) is 1.00. The van der Waals surface area contributed by atoms with E-state index in [-0.39, 0.29) is 16.9 Å². The first-order chi connectivity index (χ1) is 11.9. The van der Waals surface area contributed by atoms with Gasteiger partial charge in [0.2, 0.25) is 10.0 Å². The van der Waals surface area contributed by atoms with E-state index in [0.29, 0.717) is 31.1 Å². The van der Waals surface area contributed by atoms with Crippen molar-refractivity contribution in [3.8, 4) is 11.5 Å². The molecule has 0 radical (unpaired) electrons. The summed E-state index contributed by atoms with van der Waals surface area (Å²) in [5, 5.41) is 0. The highest BCUT2D eigenvalue weighted by Gasteiger charge is 2.25. The SMILES string of the molecule is COC(=O)N1CCC(CNS(=O)(=O)c2ccc(OC)c(OC)c2)CC1. The van der Waals surface area contributed by atoms with Gasteiger partial charge in [-0.1, -0.05) is 0 Å². The third-order valence-electron chi connectivity index (χ3n) is 4.27. The lowest BCUT2D eigenvalue weighted by atomic mass is 9.97. The second-order valence-electron chi connectivity index (χ2n) is 5.77. The molecule has 1 aliphatic heterocycles. The molecule has 1 fully saturated rings. The standard InChI is InChI=1S/C16H24N2O6S/c1-22-14-5-4-13(10-15(14)23-2)25(20,21)17-11-12-6-8-18(9-7-12)16(19)24-3/h4-5,10,12,17H,6-9,11H2,1-3H3. The van der Waals surface area contributed by atoms with E-state index in [0.717, 1.165) is 12.8 Å². The number of likely N-dealkylation sites (tertiary alicyclic amines) is 1. The van der Waals surface area contributed by atoms with Crippen molar-refractivity contribution in [2.45, 2.75) is 17.7 Å². The van der Waals surface area contributed by atoms with Crippen molar-refractivity contribution >= 4 is 16.1 Å². The Hall–Kier alpha value is -2.00. The van der Waals surface area contributed by atoms with E-state index in [1.54, 1.807) is 11.0 Å². The van der Waals surface area contributed by atoms with Crippen LogP contribution in [0.5, 0.6) is 11.5 Å². The maximum Gasteiger partial charge on any atom is 0.409 e. The first-order valence-corrected chi connectivity index (χ1v) is 9.44. The molecule has 25 heavy (non-hydrogen) atoms. The molecule has 2 rings (SSSR count). The number of carbonyl (C=O) groups excluding carboxylic acids is 1. The highest BCUT2D eigenvalue weighted by atomic mass is 32.2. The molecule has 1 aromatic carbocycles. The second kappa shape index (κ2) is 8.39. The molecule has 1 heterocycles. The summed E-state index contributed by atoms with van der Waals surface area (Å²) in [6, 6.07) is 4.47. The molecule has 1 N–H and O–H groups in total. The average molecular weight is 372 g/mol. The van der Waals surface area contributed by atoms with Gasteiger partial charge < -0.3 is 19.1 Å². The Kier molecular flexibility index (Phi) is 6.49. The van der Waals surface area contributed by atoms with Crippen molar-refractivity contribution in [2.75, 3.05) is 41.0 Å². The van der Waals surface area contributed by atoms with E-state index < -0.39 is 10.0 Å². The van der Waals surface area contributed by atoms with Crippen LogP contribution in [0.4, 0.5) is 4.79 Å². The van der Waals surface area contributed by atoms with Crippen LogP contribution in [0.15, 0.2) is 23.1 Å². The maximum atomic E-state index is 12.5. The van der Waals surface area contributed by atoms with Gasteiger partial charge >= 0.3 is 6.09 Å². The van der Waals surface area contributed by atoms with Crippen molar-refractivity contribution < 1.29 is 27.4 Å². The fourth-order valence-electron chi connectivity index (χ4n) is 2.74. The number of hydrogen-bond acceptors (Lipinski definition) is 6. The number of nitrogens with one attached hydrogen (secondary N) is 1. The minimum absolute atomic E-state index is 0.122. The number of hydrogen-bond donors (Lipinski definition) is 1. The highest BCUT2D eigenvalue weighted by Crippen LogP contribution is 2.29. The van der Waals surface area contributed by atoms with Crippen LogP contribution in [0.1, 0.15) is 12.8 Å². The molecule has 0 bridgehead atoms. The Bertz CT molecular complexity index is 699. The largest absolute Gasteiger partial charge is 0.493 e. The topological polar surface area (TPSA) is 94.2 Å². The fraction of sp³-hybridized carbons (Fsp3) is 0.562. The zero-order valence-corrected chi connectivity index (χ0v) is 15.5. The number of benzene rings is 1. The second-order valence-corrected chi connectivity index (χ2v) is 7.54. The number of methoxy groups -OCH3 is 3. The van der Waals surface area contributed by atoms with Crippen LogP contribution in [-0.2, 0) is 14.8 Å². The van der Waals surface area contributed by atoms with Crippen molar-refractivity contribution in [3.05, 3.63) is 18.2 Å². The van der Waals surface area contributed by atoms with Gasteiger partial charge in [-0.25, -0.2) is 17.9 Å². The minimum Gasteiger partial charge on any atom is -0.493 e. The normalized spacial score (nSPS) is 15.7. The van der Waals surface area contributed by atoms with Gasteiger partial charge in [-0.2, -0.15) is 0 Å². The van der Waals surface area contributed by atoms with Crippen molar-refractivity contribution in [2.24, 2.45) is 5.92 Å². The smallest absolute Gasteiger partial charge is 0.409 e. The van der Waals surface area contributed by atoms with Gasteiger partial charge in [-0.15, -0.1) is 0 Å². The lowest BCUT2D eigenvalue weighted by Gasteiger charge is -2.30. The number of nitrogens with zero attached hydrogens (tertiary/aromatic N) is 1. The molecule has 1 saturated heterocycles. The van der Waals surface area contributed by atoms with Crippen LogP contribution in [0.3, 0.4) is 0 Å². The van der Waals surface area contributed by atoms with E-state index in [2.05, 4.69) is 4.72 Å². The zero-order chi connectivity index (χ0) is 18.4. The molecule has 8 nitrogen and oxygen atoms in total. The van der Waals surface area contributed by atoms with Crippen LogP contribution in [0.2, 0.25) is 0 Å². The summed E-state index contributed by atoms with van der Waals surface area (Å²) < 4.78 is 42.5. The van der Waals surface area contributed by atoms with Gasteiger partial charge in [0.15, 0.2) is 11.5 Å². The Labute approximate surface area is 148 Å². The Morgan fingerprint density at radius 3 is 2.36 bits per heavy atom. The van der Waals surface area contributed by atoms with Crippen molar-refractivity contribution in [1.29, 1.82) is 0 Å². The lowest BCUT2D eigenvalue weighted by Crippen LogP contribution is -2.41. The number of carbonyl (C=O) groups is 1. The van der Waals surface area contributed by atoms with Gasteiger partial charge in [0.05, 0.1) is 26.2 Å². The number of ether oxygens (including phenoxy) is 3. The van der Waals surface area contributed by atoms with Crippen LogP contribution in [0, 0.1) is 5.92 Å². The Balaban J connectivity index is 1.95. The molecule has 0 atom stereocenters. The van der Waals surface area contributed by atoms with Gasteiger partial charge in [-0.05, 0) is 30.9 Å². The molecule has 1 aromatic rings. The summed E-state index contributed by atoms with van der Waals surface area (Å²) in [6.45, 7) is 1.45. The number of sulfonamides is 1. The van der Waals surface area contributed by atoms with Gasteiger partial charge in [-0.3, -0.25) is 0 Å². The molecule has 1 amide bonds. The summed E-state index contributed by atoms with van der Waals surface area (Å²) in [4.78, 5) is 13.2. The van der Waals surface area contributed by atoms with Crippen LogP contribution in [0.25, 0.3) is 0 Å². The predicted octanol–water partition coefficient (Wildman–Crippen LogP) is 1.46. The summed E-state index contributed by atoms with van der Waals surface area (Å²) in [6.07, 6.45) is 1.11. The third kappa shape index (κ3) is 4.76. The van der Waals surface area contributed by atoms with Gasteiger partial charge in [0, 0.05) is 25.7 Å². The maximum absolute atomic E-state index is 12.5. The molecule has 9 heteroatoms. The first-order valence-electron chi connectivity index (χ1n) is 7.96. The number of piperidine rings is 1. The molecule has 0 aromatic heterocycles. The molecular weight excluding hydrogens is 348 g/mol. The van der Waals surface area contributed by atoms with Gasteiger partial charge in [0.25, 0.3) is 0 Å². The molecule has 1 aliphatic rings. The average Bonchev–Trinajstić information content (AvgIpc) is 2.65. The summed E-state index contributed by atoms with van der Waals surface area (Å²) in [7, 11) is 0.656. The molecule has 140 valence electrons. The molecule has 0 aliphatic carbocycles. The summed E-state index contributed by atoms with van der Waals surface area (Å²) in [5.41, 5.74) is 0. The zero-order valence-electron chi connectivity index (χ0n) is 14.6. The van der Waals surface area contributed by atoms with Crippen LogP contribution < -0.4 is 14.2 Å². The molecule has 0 saturated carbocycles. The number of amides is 1. The molecule has 0 spiro atoms. The van der Waals surface area contributed by atoms with E-state index in [9.17, 15) is 13.2 Å². The third-order valence-corrected chi connectivity index (χ3v) is 5.70. The summed E-state index contributed by atoms with van der Waals surface area (Å²) >= 11 is 0. The predicted molar refractivity (Wildman–Crippen MR) is 91.4 cm³/mol. The minimum atomic E-state index is -3.64. The quantitative estimate of drug-likeness (QED) is 0.812. The van der Waals surface area contributed by atoms with E-state index in [4.69, 9.17) is 14.2 Å². The highest BCUT2D eigenvalue weighted by molar-refractivity contribution is 7.89. The molecule has 0 unspecified atom stereocenters. The van der Waals surface area contributed by atoms with Crippen LogP contribution >= 0.6 is 0 Å². The first kappa shape index (κ1) is 19.3. The van der Waals surface area contributed by atoms with Crippen molar-refractivity contribution in [1.82, 2.24) is 9.62 Å². The van der Waals surface area contributed by atoms with Gasteiger partial charge in [0.1, 0.15) is 0 Å². The van der Waals surface area contributed by atoms with E-state index in [1.807, 2.05) is 0 Å². The Morgan fingerprint density at radius 2 is 1.80 bits per heavy atom. The fourth-order valence-corrected chi connectivity index (χ4v) is 3.87. The monoisotopic (exact) mass is 372 g/mol. The van der Waals surface area contributed by atoms with Crippen LogP contribution in [-0.4, -0.2) is 60.4 Å². The number of rotatable bonds is 6. The van der Waals surface area contributed by atoms with E-state index >= 15 is 0 Å². The Morgan fingerprint density at radius 1 is 1.16 bits per heavy atom. The van der Waals surface area contributed by atoms with Crippen molar-refractivity contribution in [3.63, 3.8) is 0 Å². The molecular formula is C16H24N2O6S.